The smallest absolute Gasteiger partial charge is 0.142 e. The highest BCUT2D eigenvalue weighted by atomic mass is 35.5. The van der Waals surface area contributed by atoms with Gasteiger partial charge < -0.3 is 0 Å². The van der Waals surface area contributed by atoms with E-state index in [-0.39, 0.29) is 5.41 Å². The molecule has 1 heterocycles. The molecule has 1 aromatic carbocycles. The van der Waals surface area contributed by atoms with E-state index in [1.165, 1.54) is 0 Å². The van der Waals surface area contributed by atoms with E-state index in [1.54, 1.807) is 12.1 Å². The Balaban J connectivity index is 2.60. The van der Waals surface area contributed by atoms with E-state index >= 15 is 0 Å². The molecule has 0 saturated carbocycles. The maximum Gasteiger partial charge on any atom is 0.142 e. The van der Waals surface area contributed by atoms with Crippen molar-refractivity contribution in [3.63, 3.8) is 0 Å². The predicted molar refractivity (Wildman–Crippen MR) is 81.2 cm³/mol. The summed E-state index contributed by atoms with van der Waals surface area (Å²) in [6.45, 7) is 6.02. The minimum atomic E-state index is -0.208. The highest BCUT2D eigenvalue weighted by molar-refractivity contribution is 6.38. The van der Waals surface area contributed by atoms with Crippen molar-refractivity contribution >= 4 is 34.8 Å². The quantitative estimate of drug-likeness (QED) is 0.658. The van der Waals surface area contributed by atoms with Gasteiger partial charge in [0.25, 0.3) is 0 Å². The molecule has 0 amide bonds. The maximum absolute atomic E-state index is 6.25. The number of hydrogen-bond acceptors (Lipinski definition) is 2. The molecule has 0 spiro atoms. The molecule has 5 heteroatoms. The second-order valence-electron chi connectivity index (χ2n) is 5.26. The Morgan fingerprint density at radius 3 is 2.00 bits per heavy atom. The summed E-state index contributed by atoms with van der Waals surface area (Å²) in [6.07, 6.45) is 0. The third kappa shape index (κ3) is 3.19. The third-order valence-electron chi connectivity index (χ3n) is 2.60. The molecular formula is C14H13Cl3N2. The summed E-state index contributed by atoms with van der Waals surface area (Å²) in [6, 6.07) is 7.28. The van der Waals surface area contributed by atoms with Crippen molar-refractivity contribution < 1.29 is 0 Å². The number of benzene rings is 1. The van der Waals surface area contributed by atoms with Gasteiger partial charge in [-0.15, -0.1) is 0 Å². The molecule has 0 N–H and O–H groups in total. The van der Waals surface area contributed by atoms with Crippen LogP contribution in [0.4, 0.5) is 0 Å². The zero-order valence-corrected chi connectivity index (χ0v) is 13.1. The summed E-state index contributed by atoms with van der Waals surface area (Å²) in [5, 5.41) is 1.30. The Morgan fingerprint density at radius 2 is 1.53 bits per heavy atom. The van der Waals surface area contributed by atoms with Crippen molar-refractivity contribution in [3.8, 4) is 11.1 Å². The van der Waals surface area contributed by atoms with E-state index in [9.17, 15) is 0 Å². The second-order valence-corrected chi connectivity index (χ2v) is 6.42. The van der Waals surface area contributed by atoms with Crippen LogP contribution in [0.3, 0.4) is 0 Å². The van der Waals surface area contributed by atoms with Crippen LogP contribution < -0.4 is 0 Å². The number of hydrogen-bond donors (Lipinski definition) is 0. The Morgan fingerprint density at radius 1 is 0.947 bits per heavy atom. The number of aromatic nitrogens is 2. The molecule has 0 saturated heterocycles. The molecule has 19 heavy (non-hydrogen) atoms. The Bertz CT molecular complexity index is 595. The van der Waals surface area contributed by atoms with Crippen molar-refractivity contribution in [1.82, 2.24) is 9.97 Å². The van der Waals surface area contributed by atoms with Crippen LogP contribution in [0.1, 0.15) is 26.6 Å². The van der Waals surface area contributed by atoms with Gasteiger partial charge in [-0.1, -0.05) is 67.7 Å². The fraction of sp³-hybridized carbons (Fsp3) is 0.286. The summed E-state index contributed by atoms with van der Waals surface area (Å²) >= 11 is 18.5. The summed E-state index contributed by atoms with van der Waals surface area (Å²) in [5.41, 5.74) is 1.21. The lowest BCUT2D eigenvalue weighted by atomic mass is 9.95. The van der Waals surface area contributed by atoms with Crippen LogP contribution in [0, 0.1) is 0 Å². The standard InChI is InChI=1S/C14H13Cl3N2/c1-14(2,3)13-18-11(16)10(12(17)19-13)8-5-4-6-9(15)7-8/h4-7H,1-3H3. The summed E-state index contributed by atoms with van der Waals surface area (Å²) in [4.78, 5) is 8.68. The van der Waals surface area contributed by atoms with Crippen molar-refractivity contribution in [2.75, 3.05) is 0 Å². The molecule has 0 aliphatic rings. The lowest BCUT2D eigenvalue weighted by Gasteiger charge is -2.18. The van der Waals surface area contributed by atoms with E-state index in [0.717, 1.165) is 5.56 Å². The fourth-order valence-electron chi connectivity index (χ4n) is 1.63. The van der Waals surface area contributed by atoms with Gasteiger partial charge in [-0.2, -0.15) is 0 Å². The van der Waals surface area contributed by atoms with Gasteiger partial charge in [0.05, 0.1) is 5.56 Å². The van der Waals surface area contributed by atoms with E-state index in [2.05, 4.69) is 9.97 Å². The molecule has 2 aromatic rings. The van der Waals surface area contributed by atoms with E-state index in [4.69, 9.17) is 34.8 Å². The first kappa shape index (κ1) is 14.6. The zero-order valence-electron chi connectivity index (χ0n) is 10.8. The van der Waals surface area contributed by atoms with Gasteiger partial charge in [-0.25, -0.2) is 9.97 Å². The minimum absolute atomic E-state index is 0.208. The summed E-state index contributed by atoms with van der Waals surface area (Å²) < 4.78 is 0. The zero-order chi connectivity index (χ0) is 14.2. The van der Waals surface area contributed by atoms with Gasteiger partial charge >= 0.3 is 0 Å². The van der Waals surface area contributed by atoms with Crippen LogP contribution in [0.2, 0.25) is 15.3 Å². The first-order chi connectivity index (χ1) is 8.79. The number of nitrogens with zero attached hydrogens (tertiary/aromatic N) is 2. The Labute approximate surface area is 127 Å². The lowest BCUT2D eigenvalue weighted by molar-refractivity contribution is 0.545. The molecule has 0 radical (unpaired) electrons. The average Bonchev–Trinajstić information content (AvgIpc) is 2.26. The minimum Gasteiger partial charge on any atom is -0.220 e. The molecule has 2 nitrogen and oxygen atoms in total. The van der Waals surface area contributed by atoms with Crippen molar-refractivity contribution in [2.24, 2.45) is 0 Å². The van der Waals surface area contributed by atoms with Crippen molar-refractivity contribution in [3.05, 3.63) is 45.4 Å². The van der Waals surface area contributed by atoms with Crippen molar-refractivity contribution in [1.29, 1.82) is 0 Å². The molecule has 0 bridgehead atoms. The first-order valence-electron chi connectivity index (χ1n) is 5.78. The SMILES string of the molecule is CC(C)(C)c1nc(Cl)c(-c2cccc(Cl)c2)c(Cl)n1. The molecule has 0 atom stereocenters. The van der Waals surface area contributed by atoms with Crippen LogP contribution >= 0.6 is 34.8 Å². The molecule has 1 aromatic heterocycles. The van der Waals surface area contributed by atoms with Crippen LogP contribution in [-0.4, -0.2) is 9.97 Å². The van der Waals surface area contributed by atoms with Gasteiger partial charge in [-0.3, -0.25) is 0 Å². The summed E-state index contributed by atoms with van der Waals surface area (Å²) in [7, 11) is 0. The Kier molecular flexibility index (Phi) is 4.05. The highest BCUT2D eigenvalue weighted by Crippen LogP contribution is 2.35. The van der Waals surface area contributed by atoms with Gasteiger partial charge in [0, 0.05) is 10.4 Å². The third-order valence-corrected chi connectivity index (χ3v) is 3.39. The largest absolute Gasteiger partial charge is 0.220 e. The topological polar surface area (TPSA) is 25.8 Å². The van der Waals surface area contributed by atoms with Crippen LogP contribution in [-0.2, 0) is 5.41 Å². The molecular weight excluding hydrogens is 303 g/mol. The monoisotopic (exact) mass is 314 g/mol. The van der Waals surface area contributed by atoms with E-state index < -0.39 is 0 Å². The van der Waals surface area contributed by atoms with Crippen LogP contribution in [0.25, 0.3) is 11.1 Å². The first-order valence-corrected chi connectivity index (χ1v) is 6.92. The molecule has 0 fully saturated rings. The van der Waals surface area contributed by atoms with Crippen LogP contribution in [0.15, 0.2) is 24.3 Å². The van der Waals surface area contributed by atoms with Gasteiger partial charge in [0.1, 0.15) is 16.1 Å². The van der Waals surface area contributed by atoms with Gasteiger partial charge in [-0.05, 0) is 17.7 Å². The highest BCUT2D eigenvalue weighted by Gasteiger charge is 2.22. The second kappa shape index (κ2) is 5.28. The average molecular weight is 316 g/mol. The van der Waals surface area contributed by atoms with Gasteiger partial charge in [0.2, 0.25) is 0 Å². The lowest BCUT2D eigenvalue weighted by Crippen LogP contribution is -2.16. The fourth-order valence-corrected chi connectivity index (χ4v) is 2.42. The van der Waals surface area contributed by atoms with Gasteiger partial charge in [0.15, 0.2) is 0 Å². The van der Waals surface area contributed by atoms with Crippen LogP contribution in [0.5, 0.6) is 0 Å². The molecule has 100 valence electrons. The summed E-state index contributed by atoms with van der Waals surface area (Å²) in [5.74, 6) is 0.619. The van der Waals surface area contributed by atoms with E-state index in [1.807, 2.05) is 32.9 Å². The van der Waals surface area contributed by atoms with Crippen molar-refractivity contribution in [2.45, 2.75) is 26.2 Å². The molecule has 0 aliphatic heterocycles. The normalized spacial score (nSPS) is 11.7. The molecule has 0 aliphatic carbocycles. The number of rotatable bonds is 1. The Hall–Kier alpha value is -0.830. The molecule has 2 rings (SSSR count). The number of halogens is 3. The molecule has 0 unspecified atom stereocenters. The predicted octanol–water partition coefficient (Wildman–Crippen LogP) is 5.40. The van der Waals surface area contributed by atoms with E-state index in [0.29, 0.717) is 26.7 Å². The maximum atomic E-state index is 6.25.